The highest BCUT2D eigenvalue weighted by atomic mass is 16.5. The molecule has 1 aliphatic carbocycles. The Bertz CT molecular complexity index is 173. The lowest BCUT2D eigenvalue weighted by atomic mass is 9.92. The van der Waals surface area contributed by atoms with Gasteiger partial charge in [-0.05, 0) is 31.6 Å². The number of rotatable bonds is 5. The highest BCUT2D eigenvalue weighted by Gasteiger charge is 2.22. The molecule has 0 saturated heterocycles. The summed E-state index contributed by atoms with van der Waals surface area (Å²) in [4.78, 5) is 0. The zero-order chi connectivity index (χ0) is 11.3. The van der Waals surface area contributed by atoms with Crippen LogP contribution in [0.15, 0.2) is 0 Å². The van der Waals surface area contributed by atoms with Gasteiger partial charge < -0.3 is 15.2 Å². The molecule has 3 nitrogen and oxygen atoms in total. The molecule has 0 aromatic heterocycles. The molecule has 0 aromatic rings. The second-order valence-electron chi connectivity index (χ2n) is 4.94. The molecule has 0 bridgehead atoms. The third kappa shape index (κ3) is 4.49. The van der Waals surface area contributed by atoms with E-state index in [1.165, 1.54) is 19.3 Å². The van der Waals surface area contributed by atoms with Crippen LogP contribution in [0.3, 0.4) is 0 Å². The Hall–Kier alpha value is -0.120. The van der Waals surface area contributed by atoms with Crippen LogP contribution in [0, 0.1) is 5.92 Å². The molecule has 0 aromatic carbocycles. The van der Waals surface area contributed by atoms with Gasteiger partial charge in [-0.1, -0.05) is 13.8 Å². The Morgan fingerprint density at radius 2 is 2.13 bits per heavy atom. The molecular formula is C12H25NO2. The normalized spacial score (nSPS) is 29.4. The minimum absolute atomic E-state index is 0.229. The van der Waals surface area contributed by atoms with E-state index in [9.17, 15) is 5.11 Å². The van der Waals surface area contributed by atoms with Crippen LogP contribution >= 0.6 is 0 Å². The van der Waals surface area contributed by atoms with Gasteiger partial charge in [-0.3, -0.25) is 0 Å². The minimum Gasteiger partial charge on any atom is -0.392 e. The summed E-state index contributed by atoms with van der Waals surface area (Å²) >= 11 is 0. The van der Waals surface area contributed by atoms with Crippen molar-refractivity contribution < 1.29 is 9.84 Å². The van der Waals surface area contributed by atoms with Crippen LogP contribution in [0.5, 0.6) is 0 Å². The fourth-order valence-corrected chi connectivity index (χ4v) is 2.07. The Labute approximate surface area is 93.2 Å². The molecule has 0 aliphatic heterocycles. The molecule has 1 saturated carbocycles. The number of aliphatic hydroxyl groups is 1. The largest absolute Gasteiger partial charge is 0.392 e. The molecule has 1 rings (SSSR count). The first-order valence-corrected chi connectivity index (χ1v) is 6.07. The van der Waals surface area contributed by atoms with Gasteiger partial charge in [-0.15, -0.1) is 0 Å². The molecule has 0 spiro atoms. The molecule has 1 fully saturated rings. The lowest BCUT2D eigenvalue weighted by Crippen LogP contribution is -2.41. The van der Waals surface area contributed by atoms with Gasteiger partial charge in [0.05, 0.1) is 12.2 Å². The summed E-state index contributed by atoms with van der Waals surface area (Å²) in [7, 11) is 1.79. The number of nitrogens with one attached hydrogen (secondary N) is 1. The molecule has 0 heterocycles. The fourth-order valence-electron chi connectivity index (χ4n) is 2.07. The van der Waals surface area contributed by atoms with E-state index in [1.807, 2.05) is 13.8 Å². The number of hydrogen-bond acceptors (Lipinski definition) is 3. The summed E-state index contributed by atoms with van der Waals surface area (Å²) in [6.07, 6.45) is 4.89. The molecule has 90 valence electrons. The van der Waals surface area contributed by atoms with Crippen LogP contribution in [0.2, 0.25) is 0 Å². The van der Waals surface area contributed by atoms with Crippen molar-refractivity contribution in [3.05, 3.63) is 0 Å². The number of hydrogen-bond donors (Lipinski definition) is 2. The van der Waals surface area contributed by atoms with E-state index in [0.717, 1.165) is 6.42 Å². The zero-order valence-corrected chi connectivity index (χ0v) is 10.2. The maximum atomic E-state index is 9.69. The van der Waals surface area contributed by atoms with Crippen molar-refractivity contribution in [2.75, 3.05) is 13.7 Å². The summed E-state index contributed by atoms with van der Waals surface area (Å²) in [5.41, 5.74) is 0. The first kappa shape index (κ1) is 12.9. The molecule has 3 heteroatoms. The zero-order valence-electron chi connectivity index (χ0n) is 10.2. The van der Waals surface area contributed by atoms with Crippen LogP contribution in [0.4, 0.5) is 0 Å². The topological polar surface area (TPSA) is 41.5 Å². The second kappa shape index (κ2) is 6.46. The van der Waals surface area contributed by atoms with Crippen LogP contribution in [0.25, 0.3) is 0 Å². The van der Waals surface area contributed by atoms with Crippen LogP contribution in [0.1, 0.15) is 39.5 Å². The van der Waals surface area contributed by atoms with Gasteiger partial charge in [0.2, 0.25) is 0 Å². The lowest BCUT2D eigenvalue weighted by molar-refractivity contribution is 0.0533. The highest BCUT2D eigenvalue weighted by Crippen LogP contribution is 2.20. The van der Waals surface area contributed by atoms with E-state index in [-0.39, 0.29) is 6.10 Å². The summed E-state index contributed by atoms with van der Waals surface area (Å²) in [6, 6.07) is 0.525. The molecule has 2 N–H and O–H groups in total. The second-order valence-corrected chi connectivity index (χ2v) is 4.94. The molecule has 0 radical (unpaired) electrons. The molecule has 0 amide bonds. The predicted octanol–water partition coefficient (Wildman–Crippen LogP) is 1.55. The van der Waals surface area contributed by atoms with Crippen LogP contribution in [-0.4, -0.2) is 37.0 Å². The summed E-state index contributed by atoms with van der Waals surface area (Å²) in [6.45, 7) is 4.80. The van der Waals surface area contributed by atoms with Crippen LogP contribution in [-0.2, 0) is 4.74 Å². The summed E-state index contributed by atoms with van der Waals surface area (Å²) < 4.78 is 5.37. The maximum Gasteiger partial charge on any atom is 0.0687 e. The van der Waals surface area contributed by atoms with Crippen molar-refractivity contribution in [3.63, 3.8) is 0 Å². The third-order valence-electron chi connectivity index (χ3n) is 3.34. The first-order valence-electron chi connectivity index (χ1n) is 6.07. The maximum absolute atomic E-state index is 9.69. The Morgan fingerprint density at radius 3 is 2.73 bits per heavy atom. The molecule has 15 heavy (non-hydrogen) atoms. The lowest BCUT2D eigenvalue weighted by Gasteiger charge is -2.30. The average Bonchev–Trinajstić information content (AvgIpc) is 2.26. The van der Waals surface area contributed by atoms with E-state index in [1.54, 1.807) is 7.11 Å². The van der Waals surface area contributed by atoms with E-state index >= 15 is 0 Å². The predicted molar refractivity (Wildman–Crippen MR) is 61.9 cm³/mol. The first-order chi connectivity index (χ1) is 7.13. The van der Waals surface area contributed by atoms with E-state index in [2.05, 4.69) is 5.32 Å². The van der Waals surface area contributed by atoms with Gasteiger partial charge in [-0.2, -0.15) is 0 Å². The fraction of sp³-hybridized carbons (Fsp3) is 1.00. The van der Waals surface area contributed by atoms with Gasteiger partial charge in [0.1, 0.15) is 0 Å². The van der Waals surface area contributed by atoms with Crippen molar-refractivity contribution in [3.8, 4) is 0 Å². The Kier molecular flexibility index (Phi) is 5.58. The summed E-state index contributed by atoms with van der Waals surface area (Å²) in [5.74, 6) is 0.333. The number of ether oxygens (including phenoxy) is 1. The molecule has 1 aliphatic rings. The molecular weight excluding hydrogens is 190 g/mol. The number of aliphatic hydroxyl groups excluding tert-OH is 1. The standard InChI is InChI=1S/C12H25NO2/c1-9(2)12(14)8-13-10-5-4-6-11(7-10)15-3/h9-14H,4-8H2,1-3H3. The van der Waals surface area contributed by atoms with Crippen molar-refractivity contribution in [1.29, 1.82) is 0 Å². The SMILES string of the molecule is COC1CCCC(NCC(O)C(C)C)C1. The van der Waals surface area contributed by atoms with E-state index in [4.69, 9.17) is 4.74 Å². The van der Waals surface area contributed by atoms with Crippen molar-refractivity contribution in [1.82, 2.24) is 5.32 Å². The monoisotopic (exact) mass is 215 g/mol. The molecule has 3 unspecified atom stereocenters. The van der Waals surface area contributed by atoms with Crippen molar-refractivity contribution in [2.45, 2.75) is 57.8 Å². The van der Waals surface area contributed by atoms with Crippen LogP contribution < -0.4 is 5.32 Å². The van der Waals surface area contributed by atoms with Crippen molar-refractivity contribution >= 4 is 0 Å². The molecule has 3 atom stereocenters. The number of methoxy groups -OCH3 is 1. The van der Waals surface area contributed by atoms with Gasteiger partial charge in [0.25, 0.3) is 0 Å². The summed E-state index contributed by atoms with van der Waals surface area (Å²) in [5, 5.41) is 13.1. The van der Waals surface area contributed by atoms with Gasteiger partial charge in [0, 0.05) is 19.7 Å². The Morgan fingerprint density at radius 1 is 1.40 bits per heavy atom. The minimum atomic E-state index is -0.229. The average molecular weight is 215 g/mol. The van der Waals surface area contributed by atoms with Gasteiger partial charge >= 0.3 is 0 Å². The van der Waals surface area contributed by atoms with Crippen molar-refractivity contribution in [2.24, 2.45) is 5.92 Å². The smallest absolute Gasteiger partial charge is 0.0687 e. The van der Waals surface area contributed by atoms with E-state index < -0.39 is 0 Å². The van der Waals surface area contributed by atoms with Gasteiger partial charge in [0.15, 0.2) is 0 Å². The van der Waals surface area contributed by atoms with Gasteiger partial charge in [-0.25, -0.2) is 0 Å². The highest BCUT2D eigenvalue weighted by molar-refractivity contribution is 4.79. The van der Waals surface area contributed by atoms with E-state index in [0.29, 0.717) is 24.6 Å². The quantitative estimate of drug-likeness (QED) is 0.731. The Balaban J connectivity index is 2.20. The third-order valence-corrected chi connectivity index (χ3v) is 3.34.